The van der Waals surface area contributed by atoms with Crippen LogP contribution in [0, 0.1) is 20.6 Å². The second-order valence-corrected chi connectivity index (χ2v) is 14.5. The standard InChI is InChI=1S/C38H33N2OSi/c1-26-20-21-32-33-22-23-35(39-38(33)41-37(32)36(26)34-24-27(2)28(3)25-40(34)4)42(29-14-8-5-9-15-29,30-16-10-6-11-17-30)31-18-12-7-13-19-31/h5-25H,1-4H3/q+1/i2D3,3D3. The molecule has 0 aliphatic heterocycles. The van der Waals surface area contributed by atoms with E-state index in [0.29, 0.717) is 22.6 Å². The number of nitrogens with zero attached hydrogens (tertiary/aromatic N) is 2. The molecule has 0 atom stereocenters. The third-order valence-electron chi connectivity index (χ3n) is 8.25. The van der Waals surface area contributed by atoms with Gasteiger partial charge in [0, 0.05) is 35.9 Å². The highest BCUT2D eigenvalue weighted by Crippen LogP contribution is 2.36. The van der Waals surface area contributed by atoms with E-state index in [1.54, 1.807) is 11.6 Å². The minimum Gasteiger partial charge on any atom is -0.437 e. The molecule has 204 valence electrons. The molecule has 0 unspecified atom stereocenters. The lowest BCUT2D eigenvalue weighted by molar-refractivity contribution is -0.660. The first-order valence-electron chi connectivity index (χ1n) is 17.0. The van der Waals surface area contributed by atoms with Crippen molar-refractivity contribution in [1.82, 2.24) is 4.98 Å². The average Bonchev–Trinajstić information content (AvgIpc) is 3.44. The number of fused-ring (bicyclic) bond motifs is 3. The van der Waals surface area contributed by atoms with E-state index >= 15 is 0 Å². The highest BCUT2D eigenvalue weighted by atomic mass is 28.3. The zero-order chi connectivity index (χ0) is 33.8. The maximum atomic E-state index is 8.17. The molecule has 0 amide bonds. The van der Waals surface area contributed by atoms with Gasteiger partial charge in [0.1, 0.15) is 7.05 Å². The molecule has 0 aliphatic carbocycles. The van der Waals surface area contributed by atoms with Crippen LogP contribution in [0.15, 0.2) is 132 Å². The van der Waals surface area contributed by atoms with E-state index in [0.717, 1.165) is 21.7 Å². The fourth-order valence-corrected chi connectivity index (χ4v) is 10.8. The van der Waals surface area contributed by atoms with Gasteiger partial charge in [-0.2, -0.15) is 0 Å². The predicted octanol–water partition coefficient (Wildman–Crippen LogP) is 5.78. The van der Waals surface area contributed by atoms with Crippen LogP contribution in [0.1, 0.15) is 24.9 Å². The molecule has 0 N–H and O–H groups in total. The minimum absolute atomic E-state index is 0.196. The summed E-state index contributed by atoms with van der Waals surface area (Å²) in [7, 11) is -1.18. The molecular weight excluding hydrogens is 529 g/mol. The van der Waals surface area contributed by atoms with Crippen LogP contribution in [0.4, 0.5) is 0 Å². The number of benzene rings is 4. The second-order valence-electron chi connectivity index (χ2n) is 10.7. The van der Waals surface area contributed by atoms with Crippen LogP contribution in [0.2, 0.25) is 0 Å². The Hall–Kier alpha value is -4.80. The Morgan fingerprint density at radius 1 is 0.667 bits per heavy atom. The molecule has 0 fully saturated rings. The molecule has 3 nitrogen and oxygen atoms in total. The number of furan rings is 1. The van der Waals surface area contributed by atoms with Gasteiger partial charge in [-0.05, 0) is 59.4 Å². The molecule has 3 heterocycles. The van der Waals surface area contributed by atoms with Crippen molar-refractivity contribution in [3.8, 4) is 11.3 Å². The molecule has 3 aromatic heterocycles. The largest absolute Gasteiger partial charge is 0.437 e. The van der Waals surface area contributed by atoms with Crippen LogP contribution < -0.4 is 25.4 Å². The summed E-state index contributed by atoms with van der Waals surface area (Å²) in [6.45, 7) is -3.28. The maximum absolute atomic E-state index is 8.17. The predicted molar refractivity (Wildman–Crippen MR) is 176 cm³/mol. The Bertz CT molecular complexity index is 2190. The first kappa shape index (κ1) is 20.1. The molecule has 0 saturated heterocycles. The molecule has 7 aromatic rings. The van der Waals surface area contributed by atoms with Crippen molar-refractivity contribution in [3.05, 3.63) is 144 Å². The first-order chi connectivity index (χ1) is 22.9. The third-order valence-corrected chi connectivity index (χ3v) is 12.9. The highest BCUT2D eigenvalue weighted by molar-refractivity contribution is 7.19. The molecule has 7 rings (SSSR count). The zero-order valence-corrected chi connectivity index (χ0v) is 24.4. The van der Waals surface area contributed by atoms with Crippen LogP contribution in [0.5, 0.6) is 0 Å². The van der Waals surface area contributed by atoms with Gasteiger partial charge in [-0.3, -0.25) is 0 Å². The highest BCUT2D eigenvalue weighted by Gasteiger charge is 2.43. The Balaban J connectivity index is 1.52. The molecular formula is C38H33N2OSi+. The van der Waals surface area contributed by atoms with Gasteiger partial charge in [-0.1, -0.05) is 103 Å². The normalized spacial score (nSPS) is 14.5. The number of pyridine rings is 2. The molecule has 42 heavy (non-hydrogen) atoms. The van der Waals surface area contributed by atoms with Gasteiger partial charge >= 0.3 is 0 Å². The summed E-state index contributed by atoms with van der Waals surface area (Å²) >= 11 is 0. The molecule has 0 aliphatic rings. The number of rotatable bonds is 5. The van der Waals surface area contributed by atoms with Crippen molar-refractivity contribution in [1.29, 1.82) is 0 Å². The lowest BCUT2D eigenvalue weighted by Gasteiger charge is -2.33. The van der Waals surface area contributed by atoms with E-state index in [1.807, 2.05) is 37.3 Å². The van der Waals surface area contributed by atoms with Crippen molar-refractivity contribution >= 4 is 51.0 Å². The van der Waals surface area contributed by atoms with E-state index in [2.05, 4.69) is 84.9 Å². The Morgan fingerprint density at radius 2 is 1.24 bits per heavy atom. The van der Waals surface area contributed by atoms with E-state index in [1.165, 1.54) is 27.8 Å². The molecule has 0 radical (unpaired) electrons. The zero-order valence-electron chi connectivity index (χ0n) is 29.4. The van der Waals surface area contributed by atoms with Crippen LogP contribution in [-0.4, -0.2) is 13.1 Å². The summed E-state index contributed by atoms with van der Waals surface area (Å²) in [4.78, 5) is 5.33. The van der Waals surface area contributed by atoms with E-state index < -0.39 is 21.8 Å². The Kier molecular flexibility index (Phi) is 4.91. The Labute approximate surface area is 256 Å². The smallest absolute Gasteiger partial charge is 0.227 e. The van der Waals surface area contributed by atoms with Gasteiger partial charge in [0.15, 0.2) is 11.8 Å². The lowest BCUT2D eigenvalue weighted by Crippen LogP contribution is -2.75. The summed E-state index contributed by atoms with van der Waals surface area (Å²) in [5, 5.41) is 6.19. The molecule has 0 bridgehead atoms. The van der Waals surface area contributed by atoms with Crippen LogP contribution in [0.3, 0.4) is 0 Å². The monoisotopic (exact) mass is 567 g/mol. The fraction of sp³-hybridized carbons (Fsp3) is 0.105. The summed E-state index contributed by atoms with van der Waals surface area (Å²) < 4.78 is 56.9. The van der Waals surface area contributed by atoms with Gasteiger partial charge in [-0.25, -0.2) is 9.55 Å². The van der Waals surface area contributed by atoms with Crippen LogP contribution in [0.25, 0.3) is 33.3 Å². The van der Waals surface area contributed by atoms with E-state index in [9.17, 15) is 0 Å². The summed E-state index contributed by atoms with van der Waals surface area (Å²) in [5.74, 6) is 0. The second kappa shape index (κ2) is 10.2. The van der Waals surface area contributed by atoms with Crippen molar-refractivity contribution in [3.63, 3.8) is 0 Å². The summed E-state index contributed by atoms with van der Waals surface area (Å²) in [5.41, 5.74) is 2.73. The molecule has 0 spiro atoms. The van der Waals surface area contributed by atoms with Crippen LogP contribution >= 0.6 is 0 Å². The minimum atomic E-state index is -2.91. The van der Waals surface area contributed by atoms with Gasteiger partial charge in [0.25, 0.3) is 0 Å². The van der Waals surface area contributed by atoms with E-state index in [-0.39, 0.29) is 11.1 Å². The Morgan fingerprint density at radius 3 is 1.81 bits per heavy atom. The van der Waals surface area contributed by atoms with Crippen LogP contribution in [-0.2, 0) is 7.05 Å². The lowest BCUT2D eigenvalue weighted by atomic mass is 9.99. The quantitative estimate of drug-likeness (QED) is 0.150. The fourth-order valence-electron chi connectivity index (χ4n) is 6.25. The number of hydrogen-bond acceptors (Lipinski definition) is 2. The van der Waals surface area contributed by atoms with Crippen molar-refractivity contribution < 1.29 is 17.2 Å². The van der Waals surface area contributed by atoms with Gasteiger partial charge < -0.3 is 4.42 Å². The van der Waals surface area contributed by atoms with Gasteiger partial charge in [-0.15, -0.1) is 0 Å². The van der Waals surface area contributed by atoms with Gasteiger partial charge in [0.05, 0.1) is 5.56 Å². The average molecular weight is 568 g/mol. The number of hydrogen-bond donors (Lipinski definition) is 0. The number of aromatic nitrogens is 2. The first-order valence-corrected chi connectivity index (χ1v) is 16.0. The van der Waals surface area contributed by atoms with Crippen molar-refractivity contribution in [2.24, 2.45) is 7.05 Å². The topological polar surface area (TPSA) is 29.9 Å². The number of aryl methyl sites for hydroxylation is 4. The summed E-state index contributed by atoms with van der Waals surface area (Å²) in [6.07, 6.45) is 1.40. The summed E-state index contributed by atoms with van der Waals surface area (Å²) in [6, 6.07) is 41.3. The van der Waals surface area contributed by atoms with Crippen molar-refractivity contribution in [2.45, 2.75) is 20.6 Å². The SMILES string of the molecule is [2H]C([2H])([2H])c1cc(-c2c(C)ccc3c2oc2nc([Si](c4ccccc4)(c4ccccc4)c4ccccc4)ccc23)[n+](C)cc1C([2H])([2H])[2H]. The third kappa shape index (κ3) is 4.02. The molecule has 4 aromatic carbocycles. The van der Waals surface area contributed by atoms with Crippen molar-refractivity contribution in [2.75, 3.05) is 0 Å². The van der Waals surface area contributed by atoms with E-state index in [4.69, 9.17) is 17.6 Å². The maximum Gasteiger partial charge on any atom is 0.227 e. The van der Waals surface area contributed by atoms with Gasteiger partial charge in [0.2, 0.25) is 19.5 Å². The molecule has 0 saturated carbocycles. The molecule has 4 heteroatoms.